The van der Waals surface area contributed by atoms with Gasteiger partial charge in [-0.1, -0.05) is 0 Å². The van der Waals surface area contributed by atoms with Crippen LogP contribution in [0.3, 0.4) is 0 Å². The maximum atomic E-state index is 14.0. The first-order chi connectivity index (χ1) is 11.7. The predicted octanol–water partition coefficient (Wildman–Crippen LogP) is 3.05. The van der Waals surface area contributed by atoms with Gasteiger partial charge in [0.2, 0.25) is 5.91 Å². The number of furan rings is 1. The molecular weight excluding hydrogens is 311 g/mol. The minimum absolute atomic E-state index is 0.199. The van der Waals surface area contributed by atoms with Crippen molar-refractivity contribution in [3.05, 3.63) is 66.0 Å². The lowest BCUT2D eigenvalue weighted by molar-refractivity contribution is -0.116. The Morgan fingerprint density at radius 2 is 2.25 bits per heavy atom. The van der Waals surface area contributed by atoms with Gasteiger partial charge >= 0.3 is 0 Å². The van der Waals surface area contributed by atoms with Crippen molar-refractivity contribution < 1.29 is 13.6 Å². The zero-order valence-corrected chi connectivity index (χ0v) is 12.6. The van der Waals surface area contributed by atoms with Crippen LogP contribution in [0.5, 0.6) is 0 Å². The van der Waals surface area contributed by atoms with Crippen LogP contribution in [-0.4, -0.2) is 15.7 Å². The number of benzene rings is 1. The van der Waals surface area contributed by atoms with E-state index in [9.17, 15) is 9.18 Å². The molecule has 0 atom stereocenters. The molecule has 3 rings (SSSR count). The fraction of sp³-hybridized carbons (Fsp3) is 0.118. The summed E-state index contributed by atoms with van der Waals surface area (Å²) in [6.45, 7) is 0. The highest BCUT2D eigenvalue weighted by molar-refractivity contribution is 5.89. The minimum Gasteiger partial charge on any atom is -0.469 e. The highest BCUT2D eigenvalue weighted by Crippen LogP contribution is 2.16. The van der Waals surface area contributed by atoms with Crippen molar-refractivity contribution in [2.24, 2.45) is 0 Å². The van der Waals surface area contributed by atoms with E-state index in [0.717, 1.165) is 11.8 Å². The number of nitrogens with one attached hydrogen (secondary N) is 1. The van der Waals surface area contributed by atoms with Crippen LogP contribution in [0, 0.1) is 17.1 Å². The molecule has 0 fully saturated rings. The standard InChI is InChI=1S/C17H13FN4O2/c18-14-10-12(11-19)3-5-15(14)22-8-7-16(21-22)20-17(23)6-4-13-2-1-9-24-13/h1-3,5,7-10H,4,6H2,(H,20,21,23). The lowest BCUT2D eigenvalue weighted by Gasteiger charge is -2.04. The van der Waals surface area contributed by atoms with E-state index in [-0.39, 0.29) is 23.6 Å². The summed E-state index contributed by atoms with van der Waals surface area (Å²) >= 11 is 0. The van der Waals surface area contributed by atoms with Crippen LogP contribution >= 0.6 is 0 Å². The van der Waals surface area contributed by atoms with Gasteiger partial charge in [0.25, 0.3) is 0 Å². The van der Waals surface area contributed by atoms with E-state index in [2.05, 4.69) is 10.4 Å². The SMILES string of the molecule is N#Cc1ccc(-n2ccc(NC(=O)CCc3ccco3)n2)c(F)c1. The van der Waals surface area contributed by atoms with Crippen LogP contribution in [0.25, 0.3) is 5.69 Å². The van der Waals surface area contributed by atoms with Gasteiger partial charge in [0.15, 0.2) is 5.82 Å². The fourth-order valence-electron chi connectivity index (χ4n) is 2.18. The Morgan fingerprint density at radius 3 is 2.96 bits per heavy atom. The summed E-state index contributed by atoms with van der Waals surface area (Å²) in [6.07, 6.45) is 3.84. The van der Waals surface area contributed by atoms with Crippen molar-refractivity contribution in [1.82, 2.24) is 9.78 Å². The zero-order chi connectivity index (χ0) is 16.9. The van der Waals surface area contributed by atoms with Crippen LogP contribution in [0.1, 0.15) is 17.7 Å². The molecule has 24 heavy (non-hydrogen) atoms. The van der Waals surface area contributed by atoms with E-state index in [1.165, 1.54) is 23.0 Å². The number of carbonyl (C=O) groups is 1. The molecule has 7 heteroatoms. The molecule has 0 radical (unpaired) electrons. The molecule has 1 amide bonds. The number of hydrogen-bond acceptors (Lipinski definition) is 4. The Bertz CT molecular complexity index is 894. The fourth-order valence-corrected chi connectivity index (χ4v) is 2.18. The normalized spacial score (nSPS) is 10.3. The van der Waals surface area contributed by atoms with Crippen molar-refractivity contribution in [3.8, 4) is 11.8 Å². The summed E-state index contributed by atoms with van der Waals surface area (Å²) in [4.78, 5) is 11.9. The predicted molar refractivity (Wildman–Crippen MR) is 83.9 cm³/mol. The molecule has 0 unspecified atom stereocenters. The van der Waals surface area contributed by atoms with E-state index in [4.69, 9.17) is 9.68 Å². The number of hydrogen-bond donors (Lipinski definition) is 1. The summed E-state index contributed by atoms with van der Waals surface area (Å²) in [5.41, 5.74) is 0.431. The first-order valence-corrected chi connectivity index (χ1v) is 7.23. The molecule has 0 aliphatic rings. The summed E-state index contributed by atoms with van der Waals surface area (Å²) in [5.74, 6) is 0.281. The van der Waals surface area contributed by atoms with Gasteiger partial charge in [0.1, 0.15) is 17.3 Å². The van der Waals surface area contributed by atoms with Crippen molar-refractivity contribution >= 4 is 11.7 Å². The molecule has 0 saturated heterocycles. The molecule has 0 spiro atoms. The average molecular weight is 324 g/mol. The smallest absolute Gasteiger partial charge is 0.226 e. The molecule has 0 aliphatic carbocycles. The molecule has 120 valence electrons. The van der Waals surface area contributed by atoms with E-state index >= 15 is 0 Å². The third kappa shape index (κ3) is 3.50. The topological polar surface area (TPSA) is 83.9 Å². The lowest BCUT2D eigenvalue weighted by Crippen LogP contribution is -2.13. The Kier molecular flexibility index (Phi) is 4.38. The highest BCUT2D eigenvalue weighted by atomic mass is 19.1. The number of aromatic nitrogens is 2. The number of rotatable bonds is 5. The number of amides is 1. The first-order valence-electron chi connectivity index (χ1n) is 7.23. The molecule has 1 N–H and O–H groups in total. The second-order valence-electron chi connectivity index (χ2n) is 5.05. The number of nitrogens with zero attached hydrogens (tertiary/aromatic N) is 3. The quantitative estimate of drug-likeness (QED) is 0.782. The van der Waals surface area contributed by atoms with Crippen molar-refractivity contribution in [2.45, 2.75) is 12.8 Å². The van der Waals surface area contributed by atoms with Crippen molar-refractivity contribution in [3.63, 3.8) is 0 Å². The molecule has 1 aromatic carbocycles. The number of halogens is 1. The van der Waals surface area contributed by atoms with Gasteiger partial charge in [-0.05, 0) is 30.3 Å². The van der Waals surface area contributed by atoms with E-state index in [1.54, 1.807) is 24.5 Å². The van der Waals surface area contributed by atoms with Crippen molar-refractivity contribution in [1.29, 1.82) is 5.26 Å². The second-order valence-corrected chi connectivity index (χ2v) is 5.05. The minimum atomic E-state index is -0.562. The second kappa shape index (κ2) is 6.79. The lowest BCUT2D eigenvalue weighted by atomic mass is 10.2. The summed E-state index contributed by atoms with van der Waals surface area (Å²) in [6, 6.07) is 11.1. The van der Waals surface area contributed by atoms with E-state index < -0.39 is 5.82 Å². The van der Waals surface area contributed by atoms with Crippen LogP contribution in [0.4, 0.5) is 10.2 Å². The van der Waals surface area contributed by atoms with Gasteiger partial charge in [-0.2, -0.15) is 5.26 Å². The molecule has 6 nitrogen and oxygen atoms in total. The molecular formula is C17H13FN4O2. The number of anilines is 1. The van der Waals surface area contributed by atoms with Gasteiger partial charge in [-0.25, -0.2) is 9.07 Å². The monoisotopic (exact) mass is 324 g/mol. The largest absolute Gasteiger partial charge is 0.469 e. The molecule has 0 aliphatic heterocycles. The van der Waals surface area contributed by atoms with Crippen LogP contribution in [0.15, 0.2) is 53.3 Å². The van der Waals surface area contributed by atoms with Gasteiger partial charge in [0, 0.05) is 25.1 Å². The third-order valence-corrected chi connectivity index (χ3v) is 3.36. The Labute approximate surface area is 137 Å². The van der Waals surface area contributed by atoms with Crippen molar-refractivity contribution in [2.75, 3.05) is 5.32 Å². The maximum absolute atomic E-state index is 14.0. The third-order valence-electron chi connectivity index (χ3n) is 3.36. The number of nitriles is 1. The Hall–Kier alpha value is -3.40. The van der Waals surface area contributed by atoms with Gasteiger partial charge in [0.05, 0.1) is 17.9 Å². The molecule has 2 heterocycles. The average Bonchev–Trinajstić information content (AvgIpc) is 3.24. The first kappa shape index (κ1) is 15.5. The molecule has 0 saturated carbocycles. The summed E-state index contributed by atoms with van der Waals surface area (Å²) in [5, 5.41) is 15.5. The van der Waals surface area contributed by atoms with E-state index in [0.29, 0.717) is 12.2 Å². The maximum Gasteiger partial charge on any atom is 0.226 e. The van der Waals surface area contributed by atoms with E-state index in [1.807, 2.05) is 6.07 Å². The Balaban J connectivity index is 1.65. The number of carbonyl (C=O) groups excluding carboxylic acids is 1. The highest BCUT2D eigenvalue weighted by Gasteiger charge is 2.10. The van der Waals surface area contributed by atoms with Crippen LogP contribution in [-0.2, 0) is 11.2 Å². The zero-order valence-electron chi connectivity index (χ0n) is 12.6. The van der Waals surface area contributed by atoms with Gasteiger partial charge < -0.3 is 9.73 Å². The Morgan fingerprint density at radius 1 is 1.38 bits per heavy atom. The van der Waals surface area contributed by atoms with Gasteiger partial charge in [-0.15, -0.1) is 5.10 Å². The number of aryl methyl sites for hydroxylation is 1. The molecule has 2 aromatic heterocycles. The van der Waals surface area contributed by atoms with Crippen LogP contribution in [0.2, 0.25) is 0 Å². The van der Waals surface area contributed by atoms with Crippen LogP contribution < -0.4 is 5.32 Å². The van der Waals surface area contributed by atoms with Gasteiger partial charge in [-0.3, -0.25) is 4.79 Å². The summed E-state index contributed by atoms with van der Waals surface area (Å²) in [7, 11) is 0. The summed E-state index contributed by atoms with van der Waals surface area (Å²) < 4.78 is 20.4. The molecule has 3 aromatic rings. The molecule has 0 bridgehead atoms.